The summed E-state index contributed by atoms with van der Waals surface area (Å²) in [4.78, 5) is 24.3. The van der Waals surface area contributed by atoms with Gasteiger partial charge in [-0.15, -0.1) is 0 Å². The van der Waals surface area contributed by atoms with Gasteiger partial charge in [0.25, 0.3) is 0 Å². The van der Waals surface area contributed by atoms with Gasteiger partial charge in [0.15, 0.2) is 0 Å². The predicted octanol–water partition coefficient (Wildman–Crippen LogP) is -1.71. The van der Waals surface area contributed by atoms with Crippen LogP contribution in [0.1, 0.15) is 13.8 Å². The van der Waals surface area contributed by atoms with E-state index in [-0.39, 0.29) is 24.3 Å². The molecule has 0 saturated carbocycles. The number of nitrogens with zero attached hydrogens (tertiary/aromatic N) is 1. The van der Waals surface area contributed by atoms with Gasteiger partial charge in [-0.2, -0.15) is 0 Å². The summed E-state index contributed by atoms with van der Waals surface area (Å²) < 4.78 is 0. The quantitative estimate of drug-likeness (QED) is 0.535. The molecule has 1 aliphatic rings. The van der Waals surface area contributed by atoms with Crippen LogP contribution in [-0.4, -0.2) is 53.6 Å². The van der Waals surface area contributed by atoms with Crippen LogP contribution in [0.25, 0.3) is 0 Å². The number of hydrogen-bond acceptors (Lipinski definition) is 4. The van der Waals surface area contributed by atoms with Gasteiger partial charge in [-0.1, -0.05) is 13.8 Å². The van der Waals surface area contributed by atoms with E-state index in [0.29, 0.717) is 13.1 Å². The molecule has 92 valence electrons. The Bertz CT molecular complexity index is 274. The van der Waals surface area contributed by atoms with Gasteiger partial charge in [0, 0.05) is 13.1 Å². The smallest absolute Gasteiger partial charge is 0.242 e. The summed E-state index contributed by atoms with van der Waals surface area (Å²) >= 11 is 0. The van der Waals surface area contributed by atoms with Crippen molar-refractivity contribution in [1.29, 1.82) is 0 Å². The number of carbonyl (C=O) groups is 2. The molecule has 16 heavy (non-hydrogen) atoms. The Hall–Kier alpha value is -1.14. The molecule has 1 aliphatic heterocycles. The molecule has 1 heterocycles. The first kappa shape index (κ1) is 12.9. The minimum Gasteiger partial charge on any atom is -0.389 e. The highest BCUT2D eigenvalue weighted by atomic mass is 16.3. The number of nitrogens with two attached hydrogens (primary N) is 1. The van der Waals surface area contributed by atoms with Crippen molar-refractivity contribution in [2.75, 3.05) is 19.6 Å². The van der Waals surface area contributed by atoms with E-state index in [4.69, 9.17) is 10.8 Å². The Morgan fingerprint density at radius 3 is 2.50 bits per heavy atom. The van der Waals surface area contributed by atoms with Gasteiger partial charge < -0.3 is 21.1 Å². The minimum atomic E-state index is -0.588. The lowest BCUT2D eigenvalue weighted by atomic mass is 10.1. The van der Waals surface area contributed by atoms with Crippen molar-refractivity contribution in [3.63, 3.8) is 0 Å². The lowest BCUT2D eigenvalue weighted by Gasteiger charge is -2.35. The van der Waals surface area contributed by atoms with Crippen molar-refractivity contribution < 1.29 is 14.7 Å². The Balaban J connectivity index is 2.24. The average molecular weight is 229 g/mol. The first-order chi connectivity index (χ1) is 7.41. The third kappa shape index (κ3) is 3.18. The number of aliphatic hydroxyl groups is 1. The molecule has 0 aromatic rings. The van der Waals surface area contributed by atoms with Crippen LogP contribution in [0.2, 0.25) is 0 Å². The molecule has 0 unspecified atom stereocenters. The van der Waals surface area contributed by atoms with Crippen LogP contribution in [0.15, 0.2) is 0 Å². The van der Waals surface area contributed by atoms with Gasteiger partial charge >= 0.3 is 0 Å². The molecule has 0 bridgehead atoms. The lowest BCUT2D eigenvalue weighted by Crippen LogP contribution is -2.56. The normalized spacial score (nSPS) is 18.2. The van der Waals surface area contributed by atoms with E-state index in [0.717, 1.165) is 0 Å². The predicted molar refractivity (Wildman–Crippen MR) is 58.4 cm³/mol. The van der Waals surface area contributed by atoms with Gasteiger partial charge in [0.2, 0.25) is 11.8 Å². The van der Waals surface area contributed by atoms with E-state index in [1.807, 2.05) is 13.8 Å². The van der Waals surface area contributed by atoms with Gasteiger partial charge in [-0.3, -0.25) is 9.59 Å². The zero-order chi connectivity index (χ0) is 12.3. The van der Waals surface area contributed by atoms with Gasteiger partial charge in [0.05, 0.1) is 18.7 Å². The molecule has 1 atom stereocenters. The monoisotopic (exact) mass is 229 g/mol. The summed E-state index contributed by atoms with van der Waals surface area (Å²) in [6.45, 7) is 4.34. The fourth-order valence-electron chi connectivity index (χ4n) is 1.35. The van der Waals surface area contributed by atoms with Crippen LogP contribution in [0.3, 0.4) is 0 Å². The van der Waals surface area contributed by atoms with Crippen LogP contribution >= 0.6 is 0 Å². The Kier molecular flexibility index (Phi) is 4.26. The second-order valence-corrected chi connectivity index (χ2v) is 4.44. The molecule has 1 saturated heterocycles. The standard InChI is InChI=1S/C10H19N3O3/c1-6(2)9(11)10(16)12-3-8(15)13-4-7(14)5-13/h6-7,9,14H,3-5,11H2,1-2H3,(H,12,16)/t9-/m0/s1. The molecule has 1 fully saturated rings. The molecular formula is C10H19N3O3. The molecular weight excluding hydrogens is 210 g/mol. The zero-order valence-electron chi connectivity index (χ0n) is 9.64. The number of likely N-dealkylation sites (tertiary alicyclic amines) is 1. The van der Waals surface area contributed by atoms with Crippen molar-refractivity contribution in [2.45, 2.75) is 26.0 Å². The second kappa shape index (κ2) is 5.27. The Morgan fingerprint density at radius 2 is 2.06 bits per heavy atom. The van der Waals surface area contributed by atoms with E-state index in [1.54, 1.807) is 0 Å². The molecule has 0 spiro atoms. The van der Waals surface area contributed by atoms with Crippen LogP contribution in [-0.2, 0) is 9.59 Å². The van der Waals surface area contributed by atoms with Crippen molar-refractivity contribution in [2.24, 2.45) is 11.7 Å². The maximum Gasteiger partial charge on any atom is 0.242 e. The molecule has 6 nitrogen and oxygen atoms in total. The van der Waals surface area contributed by atoms with E-state index >= 15 is 0 Å². The molecule has 6 heteroatoms. The first-order valence-corrected chi connectivity index (χ1v) is 5.41. The minimum absolute atomic E-state index is 0.0425. The maximum absolute atomic E-state index is 11.4. The molecule has 2 amide bonds. The summed E-state index contributed by atoms with van der Waals surface area (Å²) in [6.07, 6.45) is -0.419. The van der Waals surface area contributed by atoms with Crippen LogP contribution in [0.5, 0.6) is 0 Å². The van der Waals surface area contributed by atoms with Crippen LogP contribution in [0, 0.1) is 5.92 Å². The van der Waals surface area contributed by atoms with Crippen molar-refractivity contribution in [1.82, 2.24) is 10.2 Å². The van der Waals surface area contributed by atoms with Gasteiger partial charge in [-0.05, 0) is 5.92 Å². The van der Waals surface area contributed by atoms with E-state index < -0.39 is 12.1 Å². The number of nitrogens with one attached hydrogen (secondary N) is 1. The van der Waals surface area contributed by atoms with Crippen LogP contribution in [0.4, 0.5) is 0 Å². The van der Waals surface area contributed by atoms with Gasteiger partial charge in [0.1, 0.15) is 0 Å². The average Bonchev–Trinajstić information content (AvgIpc) is 2.19. The topological polar surface area (TPSA) is 95.7 Å². The molecule has 4 N–H and O–H groups in total. The number of hydrogen-bond donors (Lipinski definition) is 3. The van der Waals surface area contributed by atoms with E-state index in [2.05, 4.69) is 5.32 Å². The summed E-state index contributed by atoms with van der Waals surface area (Å²) in [5, 5.41) is 11.5. The van der Waals surface area contributed by atoms with Gasteiger partial charge in [-0.25, -0.2) is 0 Å². The largest absolute Gasteiger partial charge is 0.389 e. The van der Waals surface area contributed by atoms with E-state index in [9.17, 15) is 9.59 Å². The second-order valence-electron chi connectivity index (χ2n) is 4.44. The SMILES string of the molecule is CC(C)[C@H](N)C(=O)NCC(=O)N1CC(O)C1. The summed E-state index contributed by atoms with van der Waals surface area (Å²) in [6, 6.07) is -0.588. The fourth-order valence-corrected chi connectivity index (χ4v) is 1.35. The Labute approximate surface area is 94.8 Å². The Morgan fingerprint density at radius 1 is 1.50 bits per heavy atom. The molecule has 0 aromatic carbocycles. The number of rotatable bonds is 4. The third-order valence-electron chi connectivity index (χ3n) is 2.65. The highest BCUT2D eigenvalue weighted by Crippen LogP contribution is 2.06. The number of amides is 2. The van der Waals surface area contributed by atoms with Crippen molar-refractivity contribution in [3.05, 3.63) is 0 Å². The zero-order valence-corrected chi connectivity index (χ0v) is 9.64. The number of β-amino-alcohol motifs (C(OH)–C–C–N with tert-alkyl or cyclic N) is 1. The maximum atomic E-state index is 11.4. The van der Waals surface area contributed by atoms with Crippen molar-refractivity contribution >= 4 is 11.8 Å². The number of aliphatic hydroxyl groups excluding tert-OH is 1. The molecule has 0 radical (unpaired) electrons. The summed E-state index contributed by atoms with van der Waals surface area (Å²) in [5.74, 6) is -0.458. The third-order valence-corrected chi connectivity index (χ3v) is 2.65. The fraction of sp³-hybridized carbons (Fsp3) is 0.800. The summed E-state index contributed by atoms with van der Waals surface area (Å²) in [7, 11) is 0. The van der Waals surface area contributed by atoms with Crippen LogP contribution < -0.4 is 11.1 Å². The number of carbonyl (C=O) groups excluding carboxylic acids is 2. The molecule has 1 rings (SSSR count). The molecule has 0 aromatic heterocycles. The lowest BCUT2D eigenvalue weighted by molar-refractivity contribution is -0.141. The highest BCUT2D eigenvalue weighted by Gasteiger charge is 2.29. The van der Waals surface area contributed by atoms with Crippen molar-refractivity contribution in [3.8, 4) is 0 Å². The van der Waals surface area contributed by atoms with E-state index in [1.165, 1.54) is 4.90 Å². The molecule has 0 aliphatic carbocycles. The first-order valence-electron chi connectivity index (χ1n) is 5.41. The summed E-state index contributed by atoms with van der Waals surface area (Å²) in [5.41, 5.74) is 5.61. The highest BCUT2D eigenvalue weighted by molar-refractivity contribution is 5.87.